The van der Waals surface area contributed by atoms with E-state index in [-0.39, 0.29) is 37.0 Å². The van der Waals surface area contributed by atoms with E-state index in [2.05, 4.69) is 5.32 Å². The summed E-state index contributed by atoms with van der Waals surface area (Å²) in [5, 5.41) is 12.0. The number of aliphatic hydroxyl groups excluding tert-OH is 1. The van der Waals surface area contributed by atoms with Crippen molar-refractivity contribution in [1.29, 1.82) is 0 Å². The zero-order chi connectivity index (χ0) is 6.74. The van der Waals surface area contributed by atoms with E-state index in [0.717, 1.165) is 25.9 Å². The number of rotatable bonds is 1. The third kappa shape index (κ3) is 4.13. The van der Waals surface area contributed by atoms with Gasteiger partial charge in [-0.15, -0.1) is 24.8 Å². The average molecular weight is 203 g/mol. The molecule has 11 heavy (non-hydrogen) atoms. The Morgan fingerprint density at radius 2 is 1.73 bits per heavy atom. The molecular weight excluding hydrogens is 187 g/mol. The highest BCUT2D eigenvalue weighted by Crippen LogP contribution is 2.12. The molecule has 1 aliphatic rings. The minimum absolute atomic E-state index is 0. The largest absolute Gasteiger partial charge is 0.394 e. The van der Waals surface area contributed by atoms with Crippen LogP contribution in [0.15, 0.2) is 0 Å². The Labute approximate surface area is 79.5 Å². The summed E-state index contributed by atoms with van der Waals surface area (Å²) < 4.78 is 0. The summed E-state index contributed by atoms with van der Waals surface area (Å²) in [7, 11) is 0. The number of piperidine rings is 1. The van der Waals surface area contributed by atoms with Gasteiger partial charge in [0.05, 0.1) is 6.61 Å². The quantitative estimate of drug-likeness (QED) is 0.558. The maximum absolute atomic E-state index is 8.80. The summed E-state index contributed by atoms with van der Waals surface area (Å²) >= 11 is 0. The third-order valence-corrected chi connectivity index (χ3v) is 1.91. The Morgan fingerprint density at radius 1 is 1.27 bits per heavy atom. The summed E-state index contributed by atoms with van der Waals surface area (Å²) in [5.74, 6) is 0. The van der Waals surface area contributed by atoms with E-state index >= 15 is 0 Å². The smallest absolute Gasteiger partial charge is 0.0612 e. The Morgan fingerprint density at radius 3 is 2.00 bits per heavy atom. The second-order valence-corrected chi connectivity index (χ2v) is 2.77. The van der Waals surface area contributed by atoms with Gasteiger partial charge in [-0.1, -0.05) is 0 Å². The predicted molar refractivity (Wildman–Crippen MR) is 50.6 cm³/mol. The Hall–Kier alpha value is 0.460. The van der Waals surface area contributed by atoms with Gasteiger partial charge in [0.25, 0.3) is 0 Å². The van der Waals surface area contributed by atoms with Crippen LogP contribution in [0.1, 0.15) is 12.8 Å². The number of nitrogens with two attached hydrogens (primary N) is 1. The molecule has 70 valence electrons. The minimum atomic E-state index is -0.286. The summed E-state index contributed by atoms with van der Waals surface area (Å²) in [5.41, 5.74) is 5.48. The molecule has 0 atom stereocenters. The van der Waals surface area contributed by atoms with E-state index in [1.54, 1.807) is 0 Å². The van der Waals surface area contributed by atoms with Crippen LogP contribution in [0.4, 0.5) is 0 Å². The maximum Gasteiger partial charge on any atom is 0.0612 e. The molecule has 1 rings (SSSR count). The van der Waals surface area contributed by atoms with Gasteiger partial charge in [-0.05, 0) is 25.9 Å². The second-order valence-electron chi connectivity index (χ2n) is 2.77. The first-order chi connectivity index (χ1) is 4.27. The van der Waals surface area contributed by atoms with Crippen LogP contribution >= 0.6 is 24.8 Å². The monoisotopic (exact) mass is 202 g/mol. The zero-order valence-corrected chi connectivity index (χ0v) is 8.01. The first-order valence-corrected chi connectivity index (χ1v) is 3.37. The lowest BCUT2D eigenvalue weighted by atomic mass is 9.91. The van der Waals surface area contributed by atoms with Gasteiger partial charge >= 0.3 is 0 Å². The van der Waals surface area contributed by atoms with Crippen molar-refractivity contribution in [3.05, 3.63) is 0 Å². The molecule has 0 aromatic heterocycles. The van der Waals surface area contributed by atoms with Crippen LogP contribution in [-0.4, -0.2) is 30.3 Å². The molecule has 0 bridgehead atoms. The molecule has 0 spiro atoms. The molecule has 5 heteroatoms. The molecule has 0 aromatic rings. The topological polar surface area (TPSA) is 58.3 Å². The molecular formula is C6H16Cl2N2O. The van der Waals surface area contributed by atoms with Crippen LogP contribution < -0.4 is 11.1 Å². The Bertz CT molecular complexity index is 96.6. The average Bonchev–Trinajstić information content (AvgIpc) is 1.90. The molecule has 0 aliphatic carbocycles. The van der Waals surface area contributed by atoms with E-state index in [4.69, 9.17) is 10.8 Å². The van der Waals surface area contributed by atoms with Gasteiger partial charge in [-0.25, -0.2) is 0 Å². The lowest BCUT2D eigenvalue weighted by molar-refractivity contribution is 0.163. The maximum atomic E-state index is 8.80. The van der Waals surface area contributed by atoms with Crippen LogP contribution in [0.25, 0.3) is 0 Å². The fourth-order valence-corrected chi connectivity index (χ4v) is 1.08. The van der Waals surface area contributed by atoms with Gasteiger partial charge < -0.3 is 16.2 Å². The van der Waals surface area contributed by atoms with Crippen molar-refractivity contribution in [2.45, 2.75) is 18.4 Å². The SMILES string of the molecule is Cl.Cl.NC1(CO)CCNCC1. The molecule has 0 radical (unpaired) electrons. The van der Waals surface area contributed by atoms with Crippen LogP contribution in [-0.2, 0) is 0 Å². The summed E-state index contributed by atoms with van der Waals surface area (Å²) in [6, 6.07) is 0. The lowest BCUT2D eigenvalue weighted by Crippen LogP contribution is -2.51. The second kappa shape index (κ2) is 6.03. The van der Waals surface area contributed by atoms with Crippen LogP contribution in [0.3, 0.4) is 0 Å². The summed E-state index contributed by atoms with van der Waals surface area (Å²) in [6.45, 7) is 2.00. The van der Waals surface area contributed by atoms with E-state index in [0.29, 0.717) is 0 Å². The highest BCUT2D eigenvalue weighted by Gasteiger charge is 2.25. The Kier molecular flexibility index (Phi) is 7.68. The molecule has 1 fully saturated rings. The zero-order valence-electron chi connectivity index (χ0n) is 6.38. The van der Waals surface area contributed by atoms with E-state index < -0.39 is 0 Å². The molecule has 0 unspecified atom stereocenters. The number of aliphatic hydroxyl groups is 1. The van der Waals surface area contributed by atoms with Crippen molar-refractivity contribution in [2.24, 2.45) is 5.73 Å². The number of hydrogen-bond acceptors (Lipinski definition) is 3. The molecule has 0 aromatic carbocycles. The van der Waals surface area contributed by atoms with Gasteiger partial charge in [0.1, 0.15) is 0 Å². The summed E-state index contributed by atoms with van der Waals surface area (Å²) in [4.78, 5) is 0. The van der Waals surface area contributed by atoms with Crippen molar-refractivity contribution in [1.82, 2.24) is 5.32 Å². The number of nitrogens with one attached hydrogen (secondary N) is 1. The molecule has 3 nitrogen and oxygen atoms in total. The first-order valence-electron chi connectivity index (χ1n) is 3.37. The Balaban J connectivity index is 0. The van der Waals surface area contributed by atoms with Gasteiger partial charge in [-0.3, -0.25) is 0 Å². The third-order valence-electron chi connectivity index (χ3n) is 1.91. The van der Waals surface area contributed by atoms with Crippen molar-refractivity contribution in [2.75, 3.05) is 19.7 Å². The lowest BCUT2D eigenvalue weighted by Gasteiger charge is -2.31. The van der Waals surface area contributed by atoms with E-state index in [9.17, 15) is 0 Å². The van der Waals surface area contributed by atoms with Crippen LogP contribution in [0.2, 0.25) is 0 Å². The standard InChI is InChI=1S/C6H14N2O.2ClH/c7-6(5-9)1-3-8-4-2-6;;/h8-9H,1-5,7H2;2*1H. The van der Waals surface area contributed by atoms with Gasteiger partial charge in [-0.2, -0.15) is 0 Å². The van der Waals surface area contributed by atoms with Crippen molar-refractivity contribution in [3.63, 3.8) is 0 Å². The minimum Gasteiger partial charge on any atom is -0.394 e. The summed E-state index contributed by atoms with van der Waals surface area (Å²) in [6.07, 6.45) is 1.78. The van der Waals surface area contributed by atoms with Gasteiger partial charge in [0, 0.05) is 5.54 Å². The highest BCUT2D eigenvalue weighted by atomic mass is 35.5. The van der Waals surface area contributed by atoms with Crippen molar-refractivity contribution >= 4 is 24.8 Å². The van der Waals surface area contributed by atoms with Crippen molar-refractivity contribution in [3.8, 4) is 0 Å². The molecule has 1 saturated heterocycles. The van der Waals surface area contributed by atoms with E-state index in [1.165, 1.54) is 0 Å². The highest BCUT2D eigenvalue weighted by molar-refractivity contribution is 5.85. The van der Waals surface area contributed by atoms with Gasteiger partial charge in [0.2, 0.25) is 0 Å². The number of halogens is 2. The fourth-order valence-electron chi connectivity index (χ4n) is 1.08. The van der Waals surface area contributed by atoms with E-state index in [1.807, 2.05) is 0 Å². The molecule has 0 amide bonds. The predicted octanol–water partition coefficient (Wildman–Crippen LogP) is -0.0968. The molecule has 1 heterocycles. The molecule has 0 saturated carbocycles. The molecule has 1 aliphatic heterocycles. The van der Waals surface area contributed by atoms with Gasteiger partial charge in [0.15, 0.2) is 0 Å². The first kappa shape index (κ1) is 14.0. The van der Waals surface area contributed by atoms with Crippen LogP contribution in [0.5, 0.6) is 0 Å². The molecule has 4 N–H and O–H groups in total. The van der Waals surface area contributed by atoms with Crippen molar-refractivity contribution < 1.29 is 5.11 Å². The van der Waals surface area contributed by atoms with Crippen LogP contribution in [0, 0.1) is 0 Å². The fraction of sp³-hybridized carbons (Fsp3) is 1.00. The normalized spacial score (nSPS) is 21.3. The number of hydrogen-bond donors (Lipinski definition) is 3.